The van der Waals surface area contributed by atoms with E-state index in [2.05, 4.69) is 0 Å². The molecular weight excluding hydrogens is 395 g/mol. The molecule has 0 radical (unpaired) electrons. The lowest BCUT2D eigenvalue weighted by molar-refractivity contribution is -0.185. The lowest BCUT2D eigenvalue weighted by atomic mass is 10.0. The van der Waals surface area contributed by atoms with Gasteiger partial charge >= 0.3 is 18.3 Å². The van der Waals surface area contributed by atoms with Crippen LogP contribution in [-0.2, 0) is 17.3 Å². The number of rotatable bonds is 9. The summed E-state index contributed by atoms with van der Waals surface area (Å²) in [6, 6.07) is 10.7. The van der Waals surface area contributed by atoms with E-state index in [1.165, 1.54) is 54.6 Å². The van der Waals surface area contributed by atoms with Crippen LogP contribution >= 0.6 is 0 Å². The molecule has 2 aromatic carbocycles. The summed E-state index contributed by atoms with van der Waals surface area (Å²) in [5.41, 5.74) is 0.797. The van der Waals surface area contributed by atoms with Crippen molar-refractivity contribution in [2.45, 2.75) is 38.0 Å². The van der Waals surface area contributed by atoms with Crippen molar-refractivity contribution in [1.29, 1.82) is 0 Å². The number of ether oxygens (including phenoxy) is 1. The SMILES string of the molecule is O=C(O)C=Cc1ccc(OC(F)(F)c2ccc(CCCCC(F)(F)F)cc2)cc1. The highest BCUT2D eigenvalue weighted by Gasteiger charge is 2.34. The molecule has 0 fully saturated rings. The van der Waals surface area contributed by atoms with Gasteiger partial charge in [0.25, 0.3) is 0 Å². The molecule has 0 atom stereocenters. The summed E-state index contributed by atoms with van der Waals surface area (Å²) in [6.07, 6.45) is -5.74. The zero-order chi connectivity index (χ0) is 21.5. The third-order valence-corrected chi connectivity index (χ3v) is 4.01. The second-order valence-corrected chi connectivity index (χ2v) is 6.38. The van der Waals surface area contributed by atoms with Crippen LogP contribution in [0, 0.1) is 0 Å². The third-order valence-electron chi connectivity index (χ3n) is 4.01. The maximum atomic E-state index is 14.3. The van der Waals surface area contributed by atoms with Crippen LogP contribution in [0.5, 0.6) is 5.75 Å². The first-order valence-corrected chi connectivity index (χ1v) is 8.79. The highest BCUT2D eigenvalue weighted by atomic mass is 19.4. The number of carbonyl (C=O) groups is 1. The average Bonchev–Trinajstić information content (AvgIpc) is 2.64. The Kier molecular flexibility index (Phi) is 7.36. The minimum Gasteiger partial charge on any atom is -0.478 e. The first kappa shape index (κ1) is 22.4. The lowest BCUT2D eigenvalue weighted by Crippen LogP contribution is -2.21. The second kappa shape index (κ2) is 9.54. The number of halogens is 5. The molecule has 1 N–H and O–H groups in total. The first-order chi connectivity index (χ1) is 13.5. The van der Waals surface area contributed by atoms with Gasteiger partial charge in [0.2, 0.25) is 0 Å². The van der Waals surface area contributed by atoms with Crippen LogP contribution in [0.25, 0.3) is 6.08 Å². The largest absolute Gasteiger partial charge is 0.478 e. The van der Waals surface area contributed by atoms with E-state index in [9.17, 15) is 26.7 Å². The molecule has 8 heteroatoms. The molecule has 0 bridgehead atoms. The van der Waals surface area contributed by atoms with Gasteiger partial charge in [-0.05, 0) is 60.7 Å². The van der Waals surface area contributed by atoms with Gasteiger partial charge in [0, 0.05) is 12.5 Å². The molecule has 2 rings (SSSR count). The van der Waals surface area contributed by atoms with Gasteiger partial charge in [-0.25, -0.2) is 4.79 Å². The van der Waals surface area contributed by atoms with E-state index in [1.807, 2.05) is 0 Å². The molecule has 0 saturated carbocycles. The molecule has 3 nitrogen and oxygen atoms in total. The molecule has 0 heterocycles. The van der Waals surface area contributed by atoms with E-state index < -0.39 is 24.7 Å². The summed E-state index contributed by atoms with van der Waals surface area (Å²) in [4.78, 5) is 10.5. The molecule has 0 amide bonds. The van der Waals surface area contributed by atoms with Crippen LogP contribution in [0.4, 0.5) is 22.0 Å². The van der Waals surface area contributed by atoms with E-state index in [0.29, 0.717) is 24.0 Å². The molecule has 0 aliphatic rings. The third kappa shape index (κ3) is 7.93. The Balaban J connectivity index is 1.94. The number of alkyl halides is 5. The van der Waals surface area contributed by atoms with Crippen LogP contribution in [0.15, 0.2) is 54.6 Å². The van der Waals surface area contributed by atoms with Gasteiger partial charge in [-0.3, -0.25) is 0 Å². The molecule has 2 aromatic rings. The van der Waals surface area contributed by atoms with Gasteiger partial charge < -0.3 is 9.84 Å². The van der Waals surface area contributed by atoms with Crippen molar-refractivity contribution < 1.29 is 36.6 Å². The second-order valence-electron chi connectivity index (χ2n) is 6.38. The Hall–Kier alpha value is -2.90. The molecule has 0 unspecified atom stereocenters. The molecule has 0 spiro atoms. The van der Waals surface area contributed by atoms with Crippen LogP contribution in [0.1, 0.15) is 36.0 Å². The fourth-order valence-corrected chi connectivity index (χ4v) is 2.54. The standard InChI is InChI=1S/C21H19F5O3/c22-20(23,24)14-2-1-3-15-4-9-17(10-5-15)21(25,26)29-18-11-6-16(7-12-18)8-13-19(27)28/h4-13H,1-3,14H2,(H,27,28). The number of aryl methyl sites for hydroxylation is 1. The maximum absolute atomic E-state index is 14.3. The summed E-state index contributed by atoms with van der Waals surface area (Å²) in [5.74, 6) is -1.22. The summed E-state index contributed by atoms with van der Waals surface area (Å²) < 4.78 is 69.7. The van der Waals surface area contributed by atoms with Crippen LogP contribution in [-0.4, -0.2) is 17.3 Å². The topological polar surface area (TPSA) is 46.5 Å². The Morgan fingerprint density at radius 1 is 0.931 bits per heavy atom. The molecule has 0 aliphatic heterocycles. The highest BCUT2D eigenvalue weighted by molar-refractivity contribution is 5.85. The van der Waals surface area contributed by atoms with Crippen LogP contribution in [0.3, 0.4) is 0 Å². The maximum Gasteiger partial charge on any atom is 0.426 e. The number of aliphatic carboxylic acids is 1. The van der Waals surface area contributed by atoms with Crippen molar-refractivity contribution in [1.82, 2.24) is 0 Å². The number of hydrogen-bond acceptors (Lipinski definition) is 2. The van der Waals surface area contributed by atoms with Crippen molar-refractivity contribution in [2.75, 3.05) is 0 Å². The predicted molar refractivity (Wildman–Crippen MR) is 97.7 cm³/mol. The molecule has 0 aromatic heterocycles. The number of carboxylic acids is 1. The number of benzene rings is 2. The monoisotopic (exact) mass is 414 g/mol. The first-order valence-electron chi connectivity index (χ1n) is 8.79. The van der Waals surface area contributed by atoms with Crippen molar-refractivity contribution in [3.05, 3.63) is 71.3 Å². The normalized spacial score (nSPS) is 12.3. The highest BCUT2D eigenvalue weighted by Crippen LogP contribution is 2.32. The fourth-order valence-electron chi connectivity index (χ4n) is 2.54. The Bertz CT molecular complexity index is 825. The lowest BCUT2D eigenvalue weighted by Gasteiger charge is -2.18. The Morgan fingerprint density at radius 2 is 1.55 bits per heavy atom. The van der Waals surface area contributed by atoms with E-state index >= 15 is 0 Å². The Labute approximate surface area is 164 Å². The van der Waals surface area contributed by atoms with Gasteiger partial charge in [0.05, 0.1) is 5.56 Å². The number of unbranched alkanes of at least 4 members (excludes halogenated alkanes) is 1. The zero-order valence-electron chi connectivity index (χ0n) is 15.3. The quantitative estimate of drug-likeness (QED) is 0.302. The van der Waals surface area contributed by atoms with E-state index in [4.69, 9.17) is 9.84 Å². The van der Waals surface area contributed by atoms with Crippen molar-refractivity contribution in [3.63, 3.8) is 0 Å². The fraction of sp³-hybridized carbons (Fsp3) is 0.286. The minimum atomic E-state index is -4.19. The van der Waals surface area contributed by atoms with Gasteiger partial charge in [0.15, 0.2) is 0 Å². The van der Waals surface area contributed by atoms with Gasteiger partial charge in [-0.2, -0.15) is 22.0 Å². The molecule has 29 heavy (non-hydrogen) atoms. The van der Waals surface area contributed by atoms with Gasteiger partial charge in [-0.1, -0.05) is 24.3 Å². The predicted octanol–water partition coefficient (Wildman–Crippen LogP) is 6.19. The summed E-state index contributed by atoms with van der Waals surface area (Å²) in [5, 5.41) is 8.56. The number of hydrogen-bond donors (Lipinski definition) is 1. The minimum absolute atomic E-state index is 0.0117. The zero-order valence-corrected chi connectivity index (χ0v) is 15.3. The average molecular weight is 414 g/mol. The van der Waals surface area contributed by atoms with E-state index in [0.717, 1.165) is 6.08 Å². The molecular formula is C21H19F5O3. The summed E-state index contributed by atoms with van der Waals surface area (Å²) >= 11 is 0. The van der Waals surface area contributed by atoms with E-state index in [-0.39, 0.29) is 17.7 Å². The van der Waals surface area contributed by atoms with Crippen molar-refractivity contribution >= 4 is 12.0 Å². The molecule has 0 saturated heterocycles. The Morgan fingerprint density at radius 3 is 2.10 bits per heavy atom. The molecule has 0 aliphatic carbocycles. The number of carboxylic acid groups (broad SMARTS) is 1. The van der Waals surface area contributed by atoms with E-state index in [1.54, 1.807) is 0 Å². The smallest absolute Gasteiger partial charge is 0.426 e. The van der Waals surface area contributed by atoms with Crippen LogP contribution < -0.4 is 4.74 Å². The molecule has 156 valence electrons. The van der Waals surface area contributed by atoms with Crippen molar-refractivity contribution in [2.24, 2.45) is 0 Å². The summed E-state index contributed by atoms with van der Waals surface area (Å²) in [6.45, 7) is 0. The summed E-state index contributed by atoms with van der Waals surface area (Å²) in [7, 11) is 0. The van der Waals surface area contributed by atoms with Gasteiger partial charge in [-0.15, -0.1) is 0 Å². The van der Waals surface area contributed by atoms with Crippen LogP contribution in [0.2, 0.25) is 0 Å². The van der Waals surface area contributed by atoms with Gasteiger partial charge in [0.1, 0.15) is 5.75 Å². The van der Waals surface area contributed by atoms with Crippen molar-refractivity contribution in [3.8, 4) is 5.75 Å².